The number of halogens is 4. The van der Waals surface area contributed by atoms with Crippen molar-refractivity contribution in [1.82, 2.24) is 10.2 Å². The molecular weight excluding hydrogens is 472 g/mol. The molecule has 3 aromatic rings. The molecule has 1 amide bonds. The van der Waals surface area contributed by atoms with Gasteiger partial charge in [0.2, 0.25) is 0 Å². The Morgan fingerprint density at radius 2 is 1.53 bits per heavy atom. The van der Waals surface area contributed by atoms with Crippen molar-refractivity contribution in [2.45, 2.75) is 24.7 Å². The predicted octanol–water partition coefficient (Wildman–Crippen LogP) is 5.18. The molecule has 0 aliphatic carbocycles. The van der Waals surface area contributed by atoms with Crippen molar-refractivity contribution in [1.29, 1.82) is 10.5 Å². The Morgan fingerprint density at radius 3 is 2.08 bits per heavy atom. The smallest absolute Gasteiger partial charge is 0.348 e. The molecule has 0 bridgehead atoms. The van der Waals surface area contributed by atoms with Crippen LogP contribution in [0.2, 0.25) is 0 Å². The molecule has 1 unspecified atom stereocenters. The molecular formula is C27H20F4N4O. The van der Waals surface area contributed by atoms with Crippen molar-refractivity contribution in [2.75, 3.05) is 13.1 Å². The highest BCUT2D eigenvalue weighted by Gasteiger charge is 2.33. The summed E-state index contributed by atoms with van der Waals surface area (Å²) in [6.07, 6.45) is -3.90. The first-order valence-electron chi connectivity index (χ1n) is 11.1. The summed E-state index contributed by atoms with van der Waals surface area (Å²) in [5.41, 5.74) is 1.08. The number of alkyl halides is 3. The molecule has 5 nitrogen and oxygen atoms in total. The third kappa shape index (κ3) is 5.37. The van der Waals surface area contributed by atoms with E-state index in [1.165, 1.54) is 24.3 Å². The molecule has 0 aromatic heterocycles. The number of likely N-dealkylation sites (tertiary alicyclic amines) is 1. The molecule has 0 spiro atoms. The molecule has 36 heavy (non-hydrogen) atoms. The average molecular weight is 492 g/mol. The Kier molecular flexibility index (Phi) is 7.05. The Hall–Kier alpha value is -4.21. The van der Waals surface area contributed by atoms with Crippen LogP contribution in [0.15, 0.2) is 66.7 Å². The molecule has 3 aromatic carbocycles. The van der Waals surface area contributed by atoms with E-state index in [1.807, 2.05) is 17.0 Å². The van der Waals surface area contributed by atoms with Crippen LogP contribution in [0.3, 0.4) is 0 Å². The minimum Gasteiger partial charge on any atom is -0.348 e. The SMILES string of the molecule is N#Cc1ccc(C(c2ccc(C(F)(F)F)cc2)N2CC[C@@H](NC(=O)c3ccc(C#N)cc3F)C2)cc1. The second-order valence-corrected chi connectivity index (χ2v) is 8.52. The normalized spacial score (nSPS) is 16.7. The van der Waals surface area contributed by atoms with Crippen LogP contribution < -0.4 is 5.32 Å². The summed E-state index contributed by atoms with van der Waals surface area (Å²) >= 11 is 0. The molecule has 4 rings (SSSR count). The lowest BCUT2D eigenvalue weighted by Gasteiger charge is -2.29. The summed E-state index contributed by atoms with van der Waals surface area (Å²) in [4.78, 5) is 14.7. The second kappa shape index (κ2) is 10.2. The summed E-state index contributed by atoms with van der Waals surface area (Å²) in [5.74, 6) is -1.39. The van der Waals surface area contributed by atoms with E-state index in [4.69, 9.17) is 10.5 Å². The fourth-order valence-corrected chi connectivity index (χ4v) is 4.38. The van der Waals surface area contributed by atoms with Crippen LogP contribution >= 0.6 is 0 Å². The first kappa shape index (κ1) is 24.9. The fraction of sp³-hybridized carbons (Fsp3) is 0.222. The van der Waals surface area contributed by atoms with Gasteiger partial charge in [0.05, 0.1) is 40.4 Å². The third-order valence-electron chi connectivity index (χ3n) is 6.17. The zero-order valence-corrected chi connectivity index (χ0v) is 18.9. The standard InChI is InChI=1S/C27H20F4N4O/c28-24-13-18(15-33)3-10-23(24)26(36)34-22-11-12-35(16-22)25(19-4-1-17(14-32)2-5-19)20-6-8-21(9-7-20)27(29,30)31/h1-10,13,22,25H,11-12,16H2,(H,34,36)/t22-,25?/m1/s1. The number of nitrogens with zero attached hydrogens (tertiary/aromatic N) is 3. The lowest BCUT2D eigenvalue weighted by Crippen LogP contribution is -2.38. The number of nitrogens with one attached hydrogen (secondary N) is 1. The van der Waals surface area contributed by atoms with E-state index >= 15 is 0 Å². The van der Waals surface area contributed by atoms with Gasteiger partial charge >= 0.3 is 6.18 Å². The fourth-order valence-electron chi connectivity index (χ4n) is 4.38. The van der Waals surface area contributed by atoms with Crippen LogP contribution in [0.1, 0.15) is 50.6 Å². The summed E-state index contributed by atoms with van der Waals surface area (Å²) < 4.78 is 53.5. The van der Waals surface area contributed by atoms with Gasteiger partial charge in [-0.05, 0) is 60.0 Å². The van der Waals surface area contributed by atoms with Crippen LogP contribution in [0.25, 0.3) is 0 Å². The van der Waals surface area contributed by atoms with E-state index < -0.39 is 29.5 Å². The van der Waals surface area contributed by atoms with Crippen molar-refractivity contribution < 1.29 is 22.4 Å². The maximum atomic E-state index is 14.3. The minimum atomic E-state index is -4.45. The van der Waals surface area contributed by atoms with E-state index in [0.29, 0.717) is 30.6 Å². The lowest BCUT2D eigenvalue weighted by atomic mass is 9.95. The minimum absolute atomic E-state index is 0.109. The van der Waals surface area contributed by atoms with Crippen molar-refractivity contribution >= 4 is 5.91 Å². The molecule has 9 heteroatoms. The molecule has 182 valence electrons. The highest BCUT2D eigenvalue weighted by atomic mass is 19.4. The molecule has 1 fully saturated rings. The van der Waals surface area contributed by atoms with Crippen molar-refractivity contribution in [3.8, 4) is 12.1 Å². The van der Waals surface area contributed by atoms with Gasteiger partial charge < -0.3 is 5.32 Å². The largest absolute Gasteiger partial charge is 0.416 e. The van der Waals surface area contributed by atoms with Crippen molar-refractivity contribution in [2.24, 2.45) is 0 Å². The van der Waals surface area contributed by atoms with E-state index in [0.717, 1.165) is 23.8 Å². The number of carbonyl (C=O) groups is 1. The molecule has 0 radical (unpaired) electrons. The number of hydrogen-bond acceptors (Lipinski definition) is 4. The van der Waals surface area contributed by atoms with Gasteiger partial charge in [0.15, 0.2) is 0 Å². The monoisotopic (exact) mass is 492 g/mol. The van der Waals surface area contributed by atoms with Gasteiger partial charge in [-0.1, -0.05) is 24.3 Å². The van der Waals surface area contributed by atoms with Gasteiger partial charge in [0.25, 0.3) is 5.91 Å². The highest BCUT2D eigenvalue weighted by Crippen LogP contribution is 2.35. The maximum Gasteiger partial charge on any atom is 0.416 e. The van der Waals surface area contributed by atoms with Gasteiger partial charge in [-0.15, -0.1) is 0 Å². The number of carbonyl (C=O) groups excluding carboxylic acids is 1. The van der Waals surface area contributed by atoms with E-state index in [9.17, 15) is 22.4 Å². The number of amides is 1. The summed E-state index contributed by atoms with van der Waals surface area (Å²) in [7, 11) is 0. The number of hydrogen-bond donors (Lipinski definition) is 1. The first-order valence-corrected chi connectivity index (χ1v) is 11.1. The van der Waals surface area contributed by atoms with Crippen molar-refractivity contribution in [3.05, 3.63) is 106 Å². The maximum absolute atomic E-state index is 14.3. The van der Waals surface area contributed by atoms with E-state index in [1.54, 1.807) is 24.3 Å². The van der Waals surface area contributed by atoms with Gasteiger partial charge in [-0.25, -0.2) is 4.39 Å². The second-order valence-electron chi connectivity index (χ2n) is 8.52. The van der Waals surface area contributed by atoms with Crippen LogP contribution in [-0.2, 0) is 6.18 Å². The molecule has 1 aliphatic rings. The lowest BCUT2D eigenvalue weighted by molar-refractivity contribution is -0.137. The summed E-state index contributed by atoms with van der Waals surface area (Å²) in [6.45, 7) is 0.918. The quantitative estimate of drug-likeness (QED) is 0.498. The third-order valence-corrected chi connectivity index (χ3v) is 6.17. The van der Waals surface area contributed by atoms with Gasteiger partial charge in [-0.3, -0.25) is 9.69 Å². The molecule has 2 atom stereocenters. The average Bonchev–Trinajstić information content (AvgIpc) is 3.31. The molecule has 1 aliphatic heterocycles. The van der Waals surface area contributed by atoms with E-state index in [-0.39, 0.29) is 17.2 Å². The number of nitriles is 2. The Bertz CT molecular complexity index is 1340. The summed E-state index contributed by atoms with van der Waals surface area (Å²) in [5, 5.41) is 20.8. The molecule has 1 saturated heterocycles. The Balaban J connectivity index is 1.56. The van der Waals surface area contributed by atoms with Crippen molar-refractivity contribution in [3.63, 3.8) is 0 Å². The highest BCUT2D eigenvalue weighted by molar-refractivity contribution is 5.94. The van der Waals surface area contributed by atoms with Crippen LogP contribution in [-0.4, -0.2) is 29.9 Å². The van der Waals surface area contributed by atoms with Gasteiger partial charge in [-0.2, -0.15) is 23.7 Å². The van der Waals surface area contributed by atoms with Gasteiger partial charge in [0, 0.05) is 19.1 Å². The summed E-state index contributed by atoms with van der Waals surface area (Å²) in [6, 6.07) is 18.5. The zero-order chi connectivity index (χ0) is 25.9. The van der Waals surface area contributed by atoms with Gasteiger partial charge in [0.1, 0.15) is 5.82 Å². The zero-order valence-electron chi connectivity index (χ0n) is 18.9. The Labute approximate surface area is 205 Å². The Morgan fingerprint density at radius 1 is 0.944 bits per heavy atom. The predicted molar refractivity (Wildman–Crippen MR) is 123 cm³/mol. The molecule has 0 saturated carbocycles. The molecule has 1 N–H and O–H groups in total. The van der Waals surface area contributed by atoms with Crippen LogP contribution in [0, 0.1) is 28.5 Å². The first-order chi connectivity index (χ1) is 17.2. The number of rotatable bonds is 5. The topological polar surface area (TPSA) is 79.9 Å². The van der Waals surface area contributed by atoms with E-state index in [2.05, 4.69) is 5.32 Å². The molecule has 1 heterocycles. The van der Waals surface area contributed by atoms with Crippen LogP contribution in [0.4, 0.5) is 17.6 Å². The number of benzene rings is 3. The van der Waals surface area contributed by atoms with Crippen LogP contribution in [0.5, 0.6) is 0 Å².